The fraction of sp³-hybridized carbons (Fsp3) is 0.526. The molecule has 1 fully saturated rings. The van der Waals surface area contributed by atoms with Gasteiger partial charge in [-0.25, -0.2) is 0 Å². The van der Waals surface area contributed by atoms with E-state index in [4.69, 9.17) is 0 Å². The van der Waals surface area contributed by atoms with E-state index < -0.39 is 0 Å². The maximum atomic E-state index is 12.7. The van der Waals surface area contributed by atoms with Gasteiger partial charge in [0.25, 0.3) is 5.91 Å². The van der Waals surface area contributed by atoms with Gasteiger partial charge in [0, 0.05) is 30.5 Å². The summed E-state index contributed by atoms with van der Waals surface area (Å²) in [5, 5.41) is 12.0. The van der Waals surface area contributed by atoms with Crippen LogP contribution in [0.25, 0.3) is 0 Å². The Labute approximate surface area is 142 Å². The Kier molecular flexibility index (Phi) is 4.08. The van der Waals surface area contributed by atoms with Crippen LogP contribution in [0.2, 0.25) is 0 Å². The van der Waals surface area contributed by atoms with E-state index >= 15 is 0 Å². The van der Waals surface area contributed by atoms with E-state index in [9.17, 15) is 4.79 Å². The summed E-state index contributed by atoms with van der Waals surface area (Å²) in [5.74, 6) is 2.92. The monoisotopic (exact) mass is 324 g/mol. The number of carbonyl (C=O) groups excluding carboxylic acids is 1. The summed E-state index contributed by atoms with van der Waals surface area (Å²) >= 11 is 0. The van der Waals surface area contributed by atoms with E-state index in [1.54, 1.807) is 0 Å². The summed E-state index contributed by atoms with van der Waals surface area (Å²) in [6.07, 6.45) is 6.13. The number of nitrogens with one attached hydrogen (secondary N) is 1. The average molecular weight is 324 g/mol. The number of fused-ring (bicyclic) bond motifs is 1. The predicted octanol–water partition coefficient (Wildman–Crippen LogP) is 2.85. The lowest BCUT2D eigenvalue weighted by atomic mass is 10.0. The van der Waals surface area contributed by atoms with Gasteiger partial charge in [-0.15, -0.1) is 10.2 Å². The largest absolute Gasteiger partial charge is 0.349 e. The Morgan fingerprint density at radius 1 is 1.21 bits per heavy atom. The van der Waals surface area contributed by atoms with E-state index in [1.807, 2.05) is 24.3 Å². The van der Waals surface area contributed by atoms with Crippen molar-refractivity contribution in [1.82, 2.24) is 20.1 Å². The number of benzene rings is 1. The molecule has 24 heavy (non-hydrogen) atoms. The van der Waals surface area contributed by atoms with Crippen molar-refractivity contribution >= 4 is 5.91 Å². The first-order valence-corrected chi connectivity index (χ1v) is 9.07. The molecule has 2 aromatic rings. The van der Waals surface area contributed by atoms with Gasteiger partial charge in [0.15, 0.2) is 0 Å². The van der Waals surface area contributed by atoms with Crippen LogP contribution >= 0.6 is 0 Å². The molecule has 1 N–H and O–H groups in total. The lowest BCUT2D eigenvalue weighted by molar-refractivity contribution is 0.0932. The molecule has 0 spiro atoms. The number of aryl methyl sites for hydroxylation is 2. The summed E-state index contributed by atoms with van der Waals surface area (Å²) in [5.41, 5.74) is 1.92. The molecule has 1 aromatic heterocycles. The summed E-state index contributed by atoms with van der Waals surface area (Å²) < 4.78 is 2.30. The minimum Gasteiger partial charge on any atom is -0.349 e. The van der Waals surface area contributed by atoms with Gasteiger partial charge < -0.3 is 9.88 Å². The van der Waals surface area contributed by atoms with Crippen molar-refractivity contribution in [3.63, 3.8) is 0 Å². The molecule has 1 amide bonds. The first-order chi connectivity index (χ1) is 11.8. The minimum absolute atomic E-state index is 0.0533. The van der Waals surface area contributed by atoms with E-state index in [1.165, 1.54) is 12.8 Å². The first kappa shape index (κ1) is 15.4. The summed E-state index contributed by atoms with van der Waals surface area (Å²) in [7, 11) is 0. The van der Waals surface area contributed by atoms with Gasteiger partial charge in [-0.1, -0.05) is 25.1 Å². The highest BCUT2D eigenvalue weighted by atomic mass is 16.1. The Bertz CT molecular complexity index is 748. The smallest absolute Gasteiger partial charge is 0.251 e. The number of rotatable bonds is 4. The van der Waals surface area contributed by atoms with Crippen LogP contribution in [0.3, 0.4) is 0 Å². The average Bonchev–Trinajstić information content (AvgIpc) is 3.41. The maximum absolute atomic E-state index is 12.7. The molecule has 1 aliphatic carbocycles. The van der Waals surface area contributed by atoms with Crippen molar-refractivity contribution in [2.45, 2.75) is 64.0 Å². The number of hydrogen-bond donors (Lipinski definition) is 1. The van der Waals surface area contributed by atoms with Crippen LogP contribution in [0.1, 0.15) is 66.1 Å². The zero-order chi connectivity index (χ0) is 16.5. The molecule has 5 heteroatoms. The lowest BCUT2D eigenvalue weighted by Gasteiger charge is -2.17. The second kappa shape index (κ2) is 6.38. The molecule has 2 heterocycles. The molecule has 1 unspecified atom stereocenters. The predicted molar refractivity (Wildman–Crippen MR) is 92.0 cm³/mol. The van der Waals surface area contributed by atoms with Crippen molar-refractivity contribution in [3.8, 4) is 0 Å². The second-order valence-corrected chi connectivity index (χ2v) is 6.91. The molecule has 0 saturated heterocycles. The maximum Gasteiger partial charge on any atom is 0.251 e. The van der Waals surface area contributed by atoms with Crippen LogP contribution in [-0.4, -0.2) is 26.7 Å². The van der Waals surface area contributed by atoms with Crippen LogP contribution in [0.15, 0.2) is 24.3 Å². The normalized spacial score (nSPS) is 20.3. The number of hydrogen-bond acceptors (Lipinski definition) is 3. The molecule has 5 nitrogen and oxygen atoms in total. The molecule has 4 rings (SSSR count). The topological polar surface area (TPSA) is 59.8 Å². The van der Waals surface area contributed by atoms with Gasteiger partial charge >= 0.3 is 0 Å². The van der Waals surface area contributed by atoms with E-state index in [-0.39, 0.29) is 11.9 Å². The van der Waals surface area contributed by atoms with Crippen LogP contribution in [0, 0.1) is 0 Å². The van der Waals surface area contributed by atoms with Crippen LogP contribution < -0.4 is 5.32 Å². The third-order valence-electron chi connectivity index (χ3n) is 5.19. The molecule has 1 aliphatic heterocycles. The summed E-state index contributed by atoms with van der Waals surface area (Å²) in [4.78, 5) is 12.7. The molecule has 1 atom stereocenters. The zero-order valence-corrected chi connectivity index (χ0v) is 14.2. The Morgan fingerprint density at radius 3 is 2.83 bits per heavy atom. The van der Waals surface area contributed by atoms with Crippen molar-refractivity contribution in [1.29, 1.82) is 0 Å². The number of aromatic nitrogens is 3. The molecule has 0 radical (unpaired) electrons. The second-order valence-electron chi connectivity index (χ2n) is 6.91. The lowest BCUT2D eigenvalue weighted by Crippen LogP contribution is -2.35. The standard InChI is InChI=1S/C19H24N4O/c1-2-13-5-3-4-6-16(13)19(24)20-15-9-10-17-21-22-18(14-7-8-14)23(17)12-11-15/h3-6,14-15H,2,7-12H2,1H3,(H,20,24). The highest BCUT2D eigenvalue weighted by Gasteiger charge is 2.31. The van der Waals surface area contributed by atoms with E-state index in [0.717, 1.165) is 55.0 Å². The quantitative estimate of drug-likeness (QED) is 0.941. The molecular formula is C19H24N4O. The van der Waals surface area contributed by atoms with E-state index in [2.05, 4.69) is 27.0 Å². The van der Waals surface area contributed by atoms with Crippen molar-refractivity contribution in [3.05, 3.63) is 47.0 Å². The van der Waals surface area contributed by atoms with Crippen molar-refractivity contribution < 1.29 is 4.79 Å². The Hall–Kier alpha value is -2.17. The Morgan fingerprint density at radius 2 is 2.04 bits per heavy atom. The fourth-order valence-electron chi connectivity index (χ4n) is 3.61. The Balaban J connectivity index is 1.44. The molecule has 1 saturated carbocycles. The van der Waals surface area contributed by atoms with Gasteiger partial charge in [-0.2, -0.15) is 0 Å². The first-order valence-electron chi connectivity index (χ1n) is 9.07. The summed E-state index contributed by atoms with van der Waals surface area (Å²) in [6.45, 7) is 3.00. The SMILES string of the molecule is CCc1ccccc1C(=O)NC1CCc2nnc(C3CC3)n2CC1. The molecule has 126 valence electrons. The van der Waals surface area contributed by atoms with Gasteiger partial charge in [0.05, 0.1) is 0 Å². The third-order valence-corrected chi connectivity index (χ3v) is 5.19. The van der Waals surface area contributed by atoms with Gasteiger partial charge in [-0.3, -0.25) is 4.79 Å². The minimum atomic E-state index is 0.0533. The van der Waals surface area contributed by atoms with E-state index in [0.29, 0.717) is 5.92 Å². The number of carbonyl (C=O) groups is 1. The van der Waals surface area contributed by atoms with Crippen LogP contribution in [0.5, 0.6) is 0 Å². The van der Waals surface area contributed by atoms with Gasteiger partial charge in [-0.05, 0) is 43.7 Å². The molecule has 2 aliphatic rings. The van der Waals surface area contributed by atoms with Crippen LogP contribution in [0.4, 0.5) is 0 Å². The highest BCUT2D eigenvalue weighted by molar-refractivity contribution is 5.95. The van der Waals surface area contributed by atoms with Crippen molar-refractivity contribution in [2.75, 3.05) is 0 Å². The number of amides is 1. The van der Waals surface area contributed by atoms with Crippen LogP contribution in [-0.2, 0) is 19.4 Å². The summed E-state index contributed by atoms with van der Waals surface area (Å²) in [6, 6.07) is 8.09. The molecule has 0 bridgehead atoms. The van der Waals surface area contributed by atoms with Gasteiger partial charge in [0.1, 0.15) is 11.6 Å². The van der Waals surface area contributed by atoms with Gasteiger partial charge in [0.2, 0.25) is 0 Å². The zero-order valence-electron chi connectivity index (χ0n) is 14.2. The fourth-order valence-corrected chi connectivity index (χ4v) is 3.61. The molecular weight excluding hydrogens is 300 g/mol. The highest BCUT2D eigenvalue weighted by Crippen LogP contribution is 2.39. The van der Waals surface area contributed by atoms with Crippen molar-refractivity contribution in [2.24, 2.45) is 0 Å². The number of nitrogens with zero attached hydrogens (tertiary/aromatic N) is 3. The molecule has 1 aromatic carbocycles. The third kappa shape index (κ3) is 2.95.